The summed E-state index contributed by atoms with van der Waals surface area (Å²) in [6.45, 7) is 0. The van der Waals surface area contributed by atoms with Gasteiger partial charge < -0.3 is 13.6 Å². The summed E-state index contributed by atoms with van der Waals surface area (Å²) in [5, 5.41) is 2.07. The van der Waals surface area contributed by atoms with Crippen LogP contribution in [0.5, 0.6) is 5.75 Å². The van der Waals surface area contributed by atoms with Gasteiger partial charge in [0.2, 0.25) is 5.76 Å². The SMILES string of the molecule is O=C(Oc1ccc2cc(-c3nc4ccccc4s3)c(=O)oc2c1)c1cc2cc(Br)ccc2o1. The minimum Gasteiger partial charge on any atom is -0.449 e. The Morgan fingerprint density at radius 2 is 1.79 bits per heavy atom. The van der Waals surface area contributed by atoms with Gasteiger partial charge in [0.25, 0.3) is 0 Å². The molecule has 3 aromatic heterocycles. The van der Waals surface area contributed by atoms with Crippen LogP contribution in [-0.4, -0.2) is 11.0 Å². The van der Waals surface area contributed by atoms with E-state index < -0.39 is 11.6 Å². The van der Waals surface area contributed by atoms with E-state index in [-0.39, 0.29) is 11.5 Å². The maximum Gasteiger partial charge on any atom is 0.379 e. The Morgan fingerprint density at radius 3 is 2.67 bits per heavy atom. The molecule has 8 heteroatoms. The van der Waals surface area contributed by atoms with Gasteiger partial charge in [-0.15, -0.1) is 11.3 Å². The Labute approximate surface area is 198 Å². The highest BCUT2D eigenvalue weighted by Gasteiger charge is 2.17. The highest BCUT2D eigenvalue weighted by molar-refractivity contribution is 9.10. The Bertz CT molecular complexity index is 1730. The molecule has 0 saturated heterocycles. The van der Waals surface area contributed by atoms with Crippen molar-refractivity contribution in [1.29, 1.82) is 0 Å². The lowest BCUT2D eigenvalue weighted by Crippen LogP contribution is -2.07. The molecule has 3 aromatic carbocycles. The number of hydrogen-bond acceptors (Lipinski definition) is 7. The van der Waals surface area contributed by atoms with Gasteiger partial charge in [0, 0.05) is 21.3 Å². The summed E-state index contributed by atoms with van der Waals surface area (Å²) in [7, 11) is 0. The predicted molar refractivity (Wildman–Crippen MR) is 130 cm³/mol. The lowest BCUT2D eigenvalue weighted by Gasteiger charge is -2.04. The smallest absolute Gasteiger partial charge is 0.379 e. The molecule has 6 aromatic rings. The summed E-state index contributed by atoms with van der Waals surface area (Å²) >= 11 is 4.82. The summed E-state index contributed by atoms with van der Waals surface area (Å²) in [4.78, 5) is 29.8. The molecule has 33 heavy (non-hydrogen) atoms. The monoisotopic (exact) mass is 517 g/mol. The molecule has 0 radical (unpaired) electrons. The molecule has 6 nitrogen and oxygen atoms in total. The molecule has 0 fully saturated rings. The quantitative estimate of drug-likeness (QED) is 0.146. The van der Waals surface area contributed by atoms with Crippen molar-refractivity contribution in [3.8, 4) is 16.3 Å². The zero-order chi connectivity index (χ0) is 22.5. The molecular formula is C25H12BrNO5S. The number of para-hydroxylation sites is 1. The Hall–Kier alpha value is -3.75. The summed E-state index contributed by atoms with van der Waals surface area (Å²) < 4.78 is 18.4. The van der Waals surface area contributed by atoms with Crippen LogP contribution >= 0.6 is 27.3 Å². The molecule has 0 aliphatic heterocycles. The van der Waals surface area contributed by atoms with Crippen molar-refractivity contribution in [2.24, 2.45) is 0 Å². The van der Waals surface area contributed by atoms with Crippen molar-refractivity contribution in [2.45, 2.75) is 0 Å². The van der Waals surface area contributed by atoms with Crippen molar-refractivity contribution in [1.82, 2.24) is 4.98 Å². The first kappa shape index (κ1) is 19.9. The molecule has 0 saturated carbocycles. The number of aromatic nitrogens is 1. The average Bonchev–Trinajstić information content (AvgIpc) is 3.42. The minimum absolute atomic E-state index is 0.0795. The minimum atomic E-state index is -0.643. The highest BCUT2D eigenvalue weighted by atomic mass is 79.9. The van der Waals surface area contributed by atoms with E-state index in [9.17, 15) is 9.59 Å². The summed E-state index contributed by atoms with van der Waals surface area (Å²) in [6.07, 6.45) is 0. The number of esters is 1. The number of fused-ring (bicyclic) bond motifs is 3. The lowest BCUT2D eigenvalue weighted by molar-refractivity contribution is 0.0704. The van der Waals surface area contributed by atoms with Crippen molar-refractivity contribution in [2.75, 3.05) is 0 Å². The number of halogens is 1. The van der Waals surface area contributed by atoms with Crippen LogP contribution in [0.4, 0.5) is 0 Å². The molecule has 3 heterocycles. The van der Waals surface area contributed by atoms with Crippen LogP contribution in [0.2, 0.25) is 0 Å². The van der Waals surface area contributed by atoms with Crippen LogP contribution in [0.1, 0.15) is 10.6 Å². The molecule has 0 bridgehead atoms. The third-order valence-corrected chi connectivity index (χ3v) is 6.68. The third-order valence-electron chi connectivity index (χ3n) is 5.12. The number of benzene rings is 3. The van der Waals surface area contributed by atoms with Crippen molar-refractivity contribution < 1.29 is 18.4 Å². The molecule has 0 N–H and O–H groups in total. The van der Waals surface area contributed by atoms with Crippen LogP contribution < -0.4 is 10.4 Å². The molecule has 0 aliphatic carbocycles. The fourth-order valence-electron chi connectivity index (χ4n) is 3.56. The van der Waals surface area contributed by atoms with E-state index in [0.717, 1.165) is 20.1 Å². The molecule has 0 aliphatic rings. The average molecular weight is 518 g/mol. The zero-order valence-corrected chi connectivity index (χ0v) is 19.1. The first-order valence-corrected chi connectivity index (χ1v) is 11.5. The predicted octanol–water partition coefficient (Wildman–Crippen LogP) is 6.80. The molecule has 0 amide bonds. The second-order valence-electron chi connectivity index (χ2n) is 7.32. The number of thiazole rings is 1. The van der Waals surface area contributed by atoms with Gasteiger partial charge in [-0.05, 0) is 54.6 Å². The van der Waals surface area contributed by atoms with Crippen molar-refractivity contribution in [3.05, 3.63) is 93.4 Å². The molecule has 6 rings (SSSR count). The number of nitrogens with zero attached hydrogens (tertiary/aromatic N) is 1. The van der Waals surface area contributed by atoms with Crippen LogP contribution in [-0.2, 0) is 0 Å². The highest BCUT2D eigenvalue weighted by Crippen LogP contribution is 2.31. The molecule has 0 unspecified atom stereocenters. The van der Waals surface area contributed by atoms with E-state index in [0.29, 0.717) is 27.1 Å². The normalized spacial score (nSPS) is 11.4. The van der Waals surface area contributed by atoms with Crippen LogP contribution in [0.25, 0.3) is 42.7 Å². The van der Waals surface area contributed by atoms with Gasteiger partial charge in [-0.25, -0.2) is 14.6 Å². The Balaban J connectivity index is 1.32. The van der Waals surface area contributed by atoms with Gasteiger partial charge in [-0.2, -0.15) is 0 Å². The summed E-state index contributed by atoms with van der Waals surface area (Å²) in [6, 6.07) is 21.4. The van der Waals surface area contributed by atoms with Gasteiger partial charge in [0.05, 0.1) is 15.8 Å². The second kappa shape index (κ2) is 7.68. The Kier molecular flexibility index (Phi) is 4.63. The van der Waals surface area contributed by atoms with Crippen LogP contribution in [0.3, 0.4) is 0 Å². The number of hydrogen-bond donors (Lipinski definition) is 0. The topological polar surface area (TPSA) is 82.5 Å². The molecule has 0 spiro atoms. The second-order valence-corrected chi connectivity index (χ2v) is 9.26. The van der Waals surface area contributed by atoms with Crippen molar-refractivity contribution >= 4 is 65.4 Å². The zero-order valence-electron chi connectivity index (χ0n) is 16.7. The third kappa shape index (κ3) is 3.63. The standard InChI is InChI=1S/C25H12BrNO5S/c26-15-6-8-19-14(9-15)11-21(31-19)25(29)30-16-7-5-13-10-17(24(28)32-20(13)12-16)23-27-18-3-1-2-4-22(18)33-23/h1-12H. The van der Waals surface area contributed by atoms with Gasteiger partial charge >= 0.3 is 11.6 Å². The fourth-order valence-corrected chi connectivity index (χ4v) is 4.91. The van der Waals surface area contributed by atoms with Crippen molar-refractivity contribution in [3.63, 3.8) is 0 Å². The largest absolute Gasteiger partial charge is 0.449 e. The number of carbonyl (C=O) groups is 1. The van der Waals surface area contributed by atoms with E-state index >= 15 is 0 Å². The lowest BCUT2D eigenvalue weighted by atomic mass is 10.2. The number of rotatable bonds is 3. The van der Waals surface area contributed by atoms with E-state index in [4.69, 9.17) is 13.6 Å². The fraction of sp³-hybridized carbons (Fsp3) is 0. The van der Waals surface area contributed by atoms with Gasteiger partial charge in [-0.1, -0.05) is 28.1 Å². The summed E-state index contributed by atoms with van der Waals surface area (Å²) in [5.41, 5.74) is 1.60. The number of furan rings is 1. The maximum absolute atomic E-state index is 12.7. The van der Waals surface area contributed by atoms with Gasteiger partial charge in [0.15, 0.2) is 0 Å². The van der Waals surface area contributed by atoms with E-state index in [1.54, 1.807) is 30.3 Å². The molecule has 160 valence electrons. The van der Waals surface area contributed by atoms with Gasteiger partial charge in [-0.3, -0.25) is 0 Å². The van der Waals surface area contributed by atoms with E-state index in [2.05, 4.69) is 20.9 Å². The van der Waals surface area contributed by atoms with E-state index in [1.165, 1.54) is 17.4 Å². The number of carbonyl (C=O) groups excluding carboxylic acids is 1. The summed E-state index contributed by atoms with van der Waals surface area (Å²) in [5.74, 6) is -0.323. The maximum atomic E-state index is 12.7. The molecular weight excluding hydrogens is 506 g/mol. The number of ether oxygens (including phenoxy) is 1. The first-order chi connectivity index (χ1) is 16.0. The van der Waals surface area contributed by atoms with Crippen LogP contribution in [0, 0.1) is 0 Å². The van der Waals surface area contributed by atoms with Crippen LogP contribution in [0.15, 0.2) is 90.9 Å². The van der Waals surface area contributed by atoms with E-state index in [1.807, 2.05) is 36.4 Å². The Morgan fingerprint density at radius 1 is 0.909 bits per heavy atom. The molecule has 0 atom stereocenters. The van der Waals surface area contributed by atoms with Gasteiger partial charge in [0.1, 0.15) is 21.9 Å². The first-order valence-electron chi connectivity index (χ1n) is 9.89.